The summed E-state index contributed by atoms with van der Waals surface area (Å²) in [4.78, 5) is 8.82. The van der Waals surface area contributed by atoms with Gasteiger partial charge in [0.25, 0.3) is 0 Å². The van der Waals surface area contributed by atoms with Gasteiger partial charge >= 0.3 is 0 Å². The number of halogens is 2. The number of unbranched alkanes of at least 4 members (excludes halogenated alkanes) is 4. The molecule has 1 heterocycles. The summed E-state index contributed by atoms with van der Waals surface area (Å²) in [6, 6.07) is 7.75. The molecule has 1 aromatic heterocycles. The van der Waals surface area contributed by atoms with Crippen molar-refractivity contribution in [2.75, 3.05) is 6.61 Å². The highest BCUT2D eigenvalue weighted by Gasteiger charge is 2.12. The van der Waals surface area contributed by atoms with Crippen LogP contribution in [-0.4, -0.2) is 16.6 Å². The maximum absolute atomic E-state index is 6.30. The zero-order chi connectivity index (χ0) is 18.1. The zero-order valence-corrected chi connectivity index (χ0v) is 16.5. The van der Waals surface area contributed by atoms with Gasteiger partial charge in [0, 0.05) is 11.1 Å². The quantitative estimate of drug-likeness (QED) is 0.337. The summed E-state index contributed by atoms with van der Waals surface area (Å²) in [5, 5.41) is 0.888. The largest absolute Gasteiger partial charge is 0.494 e. The van der Waals surface area contributed by atoms with E-state index >= 15 is 0 Å². The van der Waals surface area contributed by atoms with Crippen molar-refractivity contribution in [2.24, 2.45) is 0 Å². The number of nitrogens with zero attached hydrogens (tertiary/aromatic N) is 2. The highest BCUT2D eigenvalue weighted by molar-refractivity contribution is 6.34. The minimum atomic E-state index is 0.444. The van der Waals surface area contributed by atoms with Crippen LogP contribution in [0.25, 0.3) is 11.4 Å². The van der Waals surface area contributed by atoms with E-state index in [0.717, 1.165) is 49.2 Å². The fourth-order valence-electron chi connectivity index (χ4n) is 2.54. The molecule has 0 spiro atoms. The maximum Gasteiger partial charge on any atom is 0.162 e. The minimum Gasteiger partial charge on any atom is -0.494 e. The van der Waals surface area contributed by atoms with Crippen LogP contribution in [-0.2, 0) is 6.42 Å². The molecule has 136 valence electrons. The van der Waals surface area contributed by atoms with Crippen LogP contribution in [0.5, 0.6) is 5.75 Å². The van der Waals surface area contributed by atoms with Gasteiger partial charge < -0.3 is 4.74 Å². The summed E-state index contributed by atoms with van der Waals surface area (Å²) in [6.45, 7) is 5.08. The van der Waals surface area contributed by atoms with Crippen molar-refractivity contribution in [3.63, 3.8) is 0 Å². The number of ether oxygens (including phenoxy) is 1. The summed E-state index contributed by atoms with van der Waals surface area (Å²) in [6.07, 6.45) is 7.69. The first-order valence-corrected chi connectivity index (χ1v) is 9.86. The average Bonchev–Trinajstić information content (AvgIpc) is 2.61. The van der Waals surface area contributed by atoms with Gasteiger partial charge in [0.15, 0.2) is 5.82 Å². The molecule has 0 atom stereocenters. The molecule has 0 unspecified atom stereocenters. The van der Waals surface area contributed by atoms with Gasteiger partial charge in [0.05, 0.1) is 6.61 Å². The van der Waals surface area contributed by atoms with Crippen molar-refractivity contribution >= 4 is 23.2 Å². The van der Waals surface area contributed by atoms with E-state index in [1.807, 2.05) is 24.3 Å². The Hall–Kier alpha value is -1.32. The Kier molecular flexibility index (Phi) is 8.50. The molecule has 0 aliphatic carbocycles. The molecule has 0 saturated heterocycles. The maximum atomic E-state index is 6.30. The molecule has 1 aromatic carbocycles. The highest BCUT2D eigenvalue weighted by Crippen LogP contribution is 2.28. The molecule has 0 fully saturated rings. The normalized spacial score (nSPS) is 10.9. The molecular weight excluding hydrogens is 355 g/mol. The number of rotatable bonds is 10. The number of hydrogen-bond acceptors (Lipinski definition) is 3. The predicted octanol–water partition coefficient (Wildman–Crippen LogP) is 6.75. The van der Waals surface area contributed by atoms with E-state index in [2.05, 4.69) is 23.8 Å². The SMILES string of the molecule is CCCCCCOc1ccc(-c2nc(Cl)c(CCCC)c(Cl)n2)cc1. The lowest BCUT2D eigenvalue weighted by Gasteiger charge is -2.09. The van der Waals surface area contributed by atoms with E-state index in [9.17, 15) is 0 Å². The molecule has 0 amide bonds. The Balaban J connectivity index is 2.01. The molecular formula is C20H26Cl2N2O. The average molecular weight is 381 g/mol. The summed E-state index contributed by atoms with van der Waals surface area (Å²) in [5.74, 6) is 1.40. The van der Waals surface area contributed by atoms with Gasteiger partial charge in [-0.25, -0.2) is 9.97 Å². The molecule has 0 saturated carbocycles. The fourth-order valence-corrected chi connectivity index (χ4v) is 3.12. The molecule has 25 heavy (non-hydrogen) atoms. The van der Waals surface area contributed by atoms with Crippen LogP contribution in [0.4, 0.5) is 0 Å². The smallest absolute Gasteiger partial charge is 0.162 e. The third-order valence-corrected chi connectivity index (χ3v) is 4.69. The Morgan fingerprint density at radius 2 is 1.48 bits per heavy atom. The third-order valence-electron chi connectivity index (χ3n) is 4.07. The van der Waals surface area contributed by atoms with Crippen molar-refractivity contribution in [3.05, 3.63) is 40.1 Å². The van der Waals surface area contributed by atoms with Gasteiger partial charge in [-0.1, -0.05) is 62.7 Å². The van der Waals surface area contributed by atoms with Crippen molar-refractivity contribution in [1.29, 1.82) is 0 Å². The molecule has 0 aliphatic rings. The Bertz CT molecular complexity index is 636. The lowest BCUT2D eigenvalue weighted by Crippen LogP contribution is -1.99. The van der Waals surface area contributed by atoms with Crippen molar-refractivity contribution in [2.45, 2.75) is 58.8 Å². The summed E-state index contributed by atoms with van der Waals surface area (Å²) in [7, 11) is 0. The van der Waals surface area contributed by atoms with Crippen LogP contribution in [0, 0.1) is 0 Å². The van der Waals surface area contributed by atoms with Gasteiger partial charge in [-0.3, -0.25) is 0 Å². The first kappa shape index (κ1) is 20.0. The molecule has 2 rings (SSSR count). The Labute approximate surface area is 160 Å². The van der Waals surface area contributed by atoms with Crippen molar-refractivity contribution in [1.82, 2.24) is 9.97 Å². The van der Waals surface area contributed by atoms with Crippen LogP contribution in [0.3, 0.4) is 0 Å². The lowest BCUT2D eigenvalue weighted by atomic mass is 10.1. The van der Waals surface area contributed by atoms with Crippen LogP contribution in [0.2, 0.25) is 10.3 Å². The summed E-state index contributed by atoms with van der Waals surface area (Å²) in [5.41, 5.74) is 1.71. The minimum absolute atomic E-state index is 0.444. The van der Waals surface area contributed by atoms with E-state index in [1.54, 1.807) is 0 Å². The van der Waals surface area contributed by atoms with E-state index in [4.69, 9.17) is 27.9 Å². The van der Waals surface area contributed by atoms with Gasteiger partial charge in [-0.2, -0.15) is 0 Å². The molecule has 3 nitrogen and oxygen atoms in total. The van der Waals surface area contributed by atoms with Crippen LogP contribution >= 0.6 is 23.2 Å². The monoisotopic (exact) mass is 380 g/mol. The van der Waals surface area contributed by atoms with Gasteiger partial charge in [-0.15, -0.1) is 0 Å². The molecule has 0 aliphatic heterocycles. The number of benzene rings is 1. The van der Waals surface area contributed by atoms with Gasteiger partial charge in [-0.05, 0) is 43.5 Å². The first-order chi connectivity index (χ1) is 12.2. The van der Waals surface area contributed by atoms with Crippen LogP contribution in [0.15, 0.2) is 24.3 Å². The predicted molar refractivity (Wildman–Crippen MR) is 106 cm³/mol. The fraction of sp³-hybridized carbons (Fsp3) is 0.500. The molecule has 2 aromatic rings. The zero-order valence-electron chi connectivity index (χ0n) is 15.0. The second-order valence-corrected chi connectivity index (χ2v) is 6.86. The second-order valence-electron chi connectivity index (χ2n) is 6.14. The Morgan fingerprint density at radius 3 is 2.08 bits per heavy atom. The standard InChI is InChI=1S/C20H26Cl2N2O/c1-3-5-7-8-14-25-16-12-10-15(11-13-16)20-23-18(21)17(9-6-4-2)19(22)24-20/h10-13H,3-9,14H2,1-2H3. The van der Waals surface area contributed by atoms with Crippen molar-refractivity contribution in [3.8, 4) is 17.1 Å². The van der Waals surface area contributed by atoms with Gasteiger partial charge in [0.2, 0.25) is 0 Å². The third kappa shape index (κ3) is 6.16. The first-order valence-electron chi connectivity index (χ1n) is 9.10. The Morgan fingerprint density at radius 1 is 0.840 bits per heavy atom. The second kappa shape index (κ2) is 10.6. The van der Waals surface area contributed by atoms with E-state index in [0.29, 0.717) is 16.1 Å². The van der Waals surface area contributed by atoms with Crippen molar-refractivity contribution < 1.29 is 4.74 Å². The summed E-state index contributed by atoms with van der Waals surface area (Å²) < 4.78 is 5.76. The van der Waals surface area contributed by atoms with Gasteiger partial charge in [0.1, 0.15) is 16.1 Å². The highest BCUT2D eigenvalue weighted by atomic mass is 35.5. The lowest BCUT2D eigenvalue weighted by molar-refractivity contribution is 0.305. The van der Waals surface area contributed by atoms with Crippen LogP contribution < -0.4 is 4.74 Å². The molecule has 0 radical (unpaired) electrons. The van der Waals surface area contributed by atoms with E-state index in [1.165, 1.54) is 19.3 Å². The topological polar surface area (TPSA) is 35.0 Å². The molecule has 0 N–H and O–H groups in total. The molecule has 5 heteroatoms. The van der Waals surface area contributed by atoms with E-state index in [-0.39, 0.29) is 0 Å². The van der Waals surface area contributed by atoms with E-state index < -0.39 is 0 Å². The summed E-state index contributed by atoms with van der Waals surface area (Å²) >= 11 is 12.6. The number of hydrogen-bond donors (Lipinski definition) is 0. The number of aromatic nitrogens is 2. The van der Waals surface area contributed by atoms with Crippen LogP contribution in [0.1, 0.15) is 57.9 Å². The molecule has 0 bridgehead atoms.